The predicted octanol–water partition coefficient (Wildman–Crippen LogP) is 1.66. The third-order valence-electron chi connectivity index (χ3n) is 3.44. The summed E-state index contributed by atoms with van der Waals surface area (Å²) >= 11 is 0. The highest BCUT2D eigenvalue weighted by Crippen LogP contribution is 2.23. The van der Waals surface area contributed by atoms with E-state index in [-0.39, 0.29) is 6.04 Å². The van der Waals surface area contributed by atoms with E-state index in [1.54, 1.807) is 10.9 Å². The summed E-state index contributed by atoms with van der Waals surface area (Å²) in [4.78, 5) is 0. The van der Waals surface area contributed by atoms with Crippen LogP contribution >= 0.6 is 0 Å². The minimum Gasteiger partial charge on any atom is -0.387 e. The van der Waals surface area contributed by atoms with E-state index < -0.39 is 6.10 Å². The van der Waals surface area contributed by atoms with Crippen LogP contribution < -0.4 is 5.32 Å². The van der Waals surface area contributed by atoms with Crippen LogP contribution in [0.1, 0.15) is 24.5 Å². The van der Waals surface area contributed by atoms with Crippen molar-refractivity contribution in [1.29, 1.82) is 0 Å². The van der Waals surface area contributed by atoms with Crippen molar-refractivity contribution in [3.63, 3.8) is 0 Å². The molecule has 1 aromatic carbocycles. The largest absolute Gasteiger partial charge is 0.387 e. The summed E-state index contributed by atoms with van der Waals surface area (Å²) in [5.74, 6) is 0. The first kappa shape index (κ1) is 11.4. The van der Waals surface area contributed by atoms with Crippen molar-refractivity contribution < 1.29 is 5.11 Å². The van der Waals surface area contributed by atoms with Crippen molar-refractivity contribution in [1.82, 2.24) is 15.1 Å². The molecule has 1 aliphatic heterocycles. The molecule has 2 heterocycles. The molecule has 94 valence electrons. The van der Waals surface area contributed by atoms with Gasteiger partial charge in [0, 0.05) is 17.8 Å². The Labute approximate surface area is 106 Å². The van der Waals surface area contributed by atoms with Crippen LogP contribution in [0.4, 0.5) is 0 Å². The van der Waals surface area contributed by atoms with Crippen LogP contribution in [-0.4, -0.2) is 27.5 Å². The summed E-state index contributed by atoms with van der Waals surface area (Å²) in [7, 11) is 0. The lowest BCUT2D eigenvalue weighted by Crippen LogP contribution is -2.28. The molecule has 18 heavy (non-hydrogen) atoms. The van der Waals surface area contributed by atoms with Gasteiger partial charge in [0.05, 0.1) is 18.0 Å². The molecule has 0 aliphatic carbocycles. The minimum absolute atomic E-state index is 0.165. The molecule has 4 heteroatoms. The summed E-state index contributed by atoms with van der Waals surface area (Å²) in [5.41, 5.74) is 1.88. The molecule has 0 radical (unpaired) electrons. The van der Waals surface area contributed by atoms with Crippen molar-refractivity contribution >= 4 is 0 Å². The van der Waals surface area contributed by atoms with Crippen molar-refractivity contribution in [2.24, 2.45) is 0 Å². The molecule has 3 rings (SSSR count). The Bertz CT molecular complexity index is 503. The van der Waals surface area contributed by atoms with E-state index in [2.05, 4.69) is 10.4 Å². The van der Waals surface area contributed by atoms with Gasteiger partial charge >= 0.3 is 0 Å². The minimum atomic E-state index is -0.468. The van der Waals surface area contributed by atoms with Gasteiger partial charge in [0.2, 0.25) is 0 Å². The molecule has 1 aromatic heterocycles. The first-order valence-electron chi connectivity index (χ1n) is 6.36. The lowest BCUT2D eigenvalue weighted by Gasteiger charge is -2.16. The Balaban J connectivity index is 1.81. The van der Waals surface area contributed by atoms with Crippen molar-refractivity contribution in [3.05, 3.63) is 48.3 Å². The van der Waals surface area contributed by atoms with Gasteiger partial charge < -0.3 is 10.4 Å². The molecule has 0 saturated carbocycles. The van der Waals surface area contributed by atoms with Crippen LogP contribution in [0, 0.1) is 0 Å². The van der Waals surface area contributed by atoms with Gasteiger partial charge in [-0.3, -0.25) is 0 Å². The van der Waals surface area contributed by atoms with Crippen molar-refractivity contribution in [3.8, 4) is 5.69 Å². The zero-order valence-corrected chi connectivity index (χ0v) is 10.2. The smallest absolute Gasteiger partial charge is 0.0973 e. The van der Waals surface area contributed by atoms with Crippen molar-refractivity contribution in [2.45, 2.75) is 25.0 Å². The first-order valence-corrected chi connectivity index (χ1v) is 6.36. The molecule has 0 amide bonds. The highest BCUT2D eigenvalue weighted by Gasteiger charge is 2.24. The maximum absolute atomic E-state index is 10.3. The Morgan fingerprint density at radius 3 is 2.89 bits per heavy atom. The number of aliphatic hydroxyl groups is 1. The topological polar surface area (TPSA) is 50.1 Å². The van der Waals surface area contributed by atoms with Crippen LogP contribution in [0.2, 0.25) is 0 Å². The van der Waals surface area contributed by atoms with Crippen LogP contribution in [-0.2, 0) is 0 Å². The quantitative estimate of drug-likeness (QED) is 0.862. The van der Waals surface area contributed by atoms with Gasteiger partial charge in [0.1, 0.15) is 0 Å². The average Bonchev–Trinajstić information content (AvgIpc) is 3.10. The van der Waals surface area contributed by atoms with E-state index in [4.69, 9.17) is 0 Å². The van der Waals surface area contributed by atoms with E-state index in [0.717, 1.165) is 30.6 Å². The fraction of sp³-hybridized carbons (Fsp3) is 0.357. The Hall–Kier alpha value is -1.65. The molecule has 2 unspecified atom stereocenters. The number of rotatable bonds is 3. The first-order chi connectivity index (χ1) is 8.84. The van der Waals surface area contributed by atoms with Crippen LogP contribution in [0.5, 0.6) is 0 Å². The van der Waals surface area contributed by atoms with Gasteiger partial charge in [-0.05, 0) is 31.5 Å². The van der Waals surface area contributed by atoms with E-state index >= 15 is 0 Å². The Morgan fingerprint density at radius 1 is 1.33 bits per heavy atom. The third kappa shape index (κ3) is 2.17. The summed E-state index contributed by atoms with van der Waals surface area (Å²) in [6.45, 7) is 0.995. The number of aromatic nitrogens is 2. The summed E-state index contributed by atoms with van der Waals surface area (Å²) in [5, 5.41) is 17.9. The number of nitrogens with zero attached hydrogens (tertiary/aromatic N) is 2. The number of nitrogens with one attached hydrogen (secondary N) is 1. The van der Waals surface area contributed by atoms with E-state index in [1.165, 1.54) is 0 Å². The normalized spacial score (nSPS) is 21.1. The lowest BCUT2D eigenvalue weighted by atomic mass is 10.0. The summed E-state index contributed by atoms with van der Waals surface area (Å²) < 4.78 is 1.80. The van der Waals surface area contributed by atoms with Crippen LogP contribution in [0.25, 0.3) is 5.69 Å². The molecule has 2 aromatic rings. The van der Waals surface area contributed by atoms with Gasteiger partial charge in [-0.2, -0.15) is 5.10 Å². The second-order valence-electron chi connectivity index (χ2n) is 4.70. The maximum Gasteiger partial charge on any atom is 0.0973 e. The molecular formula is C14H17N3O. The Morgan fingerprint density at radius 2 is 2.17 bits per heavy atom. The number of para-hydroxylation sites is 1. The van der Waals surface area contributed by atoms with Crippen LogP contribution in [0.3, 0.4) is 0 Å². The zero-order valence-electron chi connectivity index (χ0n) is 10.2. The molecular weight excluding hydrogens is 226 g/mol. The van der Waals surface area contributed by atoms with Crippen LogP contribution in [0.15, 0.2) is 42.7 Å². The fourth-order valence-corrected chi connectivity index (χ4v) is 2.42. The summed E-state index contributed by atoms with van der Waals surface area (Å²) in [6.07, 6.45) is 5.34. The van der Waals surface area contributed by atoms with Gasteiger partial charge in [-0.1, -0.05) is 18.2 Å². The van der Waals surface area contributed by atoms with Gasteiger partial charge in [-0.15, -0.1) is 0 Å². The molecule has 2 atom stereocenters. The number of hydrogen-bond acceptors (Lipinski definition) is 3. The SMILES string of the molecule is OC(c1cnn(-c2ccccc2)c1)C1CCCN1. The molecule has 4 nitrogen and oxygen atoms in total. The van der Waals surface area contributed by atoms with E-state index in [1.807, 2.05) is 36.5 Å². The number of aliphatic hydroxyl groups excluding tert-OH is 1. The van der Waals surface area contributed by atoms with Gasteiger partial charge in [0.15, 0.2) is 0 Å². The highest BCUT2D eigenvalue weighted by atomic mass is 16.3. The fourth-order valence-electron chi connectivity index (χ4n) is 2.42. The molecule has 2 N–H and O–H groups in total. The Kier molecular flexibility index (Phi) is 3.13. The second-order valence-corrected chi connectivity index (χ2v) is 4.70. The van der Waals surface area contributed by atoms with E-state index in [0.29, 0.717) is 0 Å². The molecule has 0 spiro atoms. The van der Waals surface area contributed by atoms with E-state index in [9.17, 15) is 5.11 Å². The highest BCUT2D eigenvalue weighted by molar-refractivity contribution is 5.31. The van der Waals surface area contributed by atoms with Crippen molar-refractivity contribution in [2.75, 3.05) is 6.54 Å². The van der Waals surface area contributed by atoms with Gasteiger partial charge in [0.25, 0.3) is 0 Å². The lowest BCUT2D eigenvalue weighted by molar-refractivity contribution is 0.137. The third-order valence-corrected chi connectivity index (χ3v) is 3.44. The molecule has 1 saturated heterocycles. The predicted molar refractivity (Wildman–Crippen MR) is 69.5 cm³/mol. The number of hydrogen-bond donors (Lipinski definition) is 2. The molecule has 1 fully saturated rings. The summed E-state index contributed by atoms with van der Waals surface area (Å²) in [6, 6.07) is 10.1. The molecule has 1 aliphatic rings. The zero-order chi connectivity index (χ0) is 12.4. The molecule has 0 bridgehead atoms. The van der Waals surface area contributed by atoms with Gasteiger partial charge in [-0.25, -0.2) is 4.68 Å². The number of benzene rings is 1. The average molecular weight is 243 g/mol. The maximum atomic E-state index is 10.3. The standard InChI is InChI=1S/C14H17N3O/c18-14(13-7-4-8-15-13)11-9-16-17(10-11)12-5-2-1-3-6-12/h1-3,5-6,9-10,13-15,18H,4,7-8H2. The second kappa shape index (κ2) is 4.92. The monoisotopic (exact) mass is 243 g/mol.